The summed E-state index contributed by atoms with van der Waals surface area (Å²) in [5, 5.41) is 6.34. The largest absolute Gasteiger partial charge is 0.455 e. The number of hydrogen-bond acceptors (Lipinski definition) is 4. The number of amides is 1. The average Bonchev–Trinajstić information content (AvgIpc) is 2.64. The number of nitrogens with zero attached hydrogens (tertiary/aromatic N) is 1. The van der Waals surface area contributed by atoms with Gasteiger partial charge in [0.25, 0.3) is 0 Å². The molecule has 0 spiro atoms. The molecule has 1 aliphatic heterocycles. The predicted octanol–water partition coefficient (Wildman–Crippen LogP) is 3.10. The van der Waals surface area contributed by atoms with Gasteiger partial charge >= 0.3 is 0 Å². The van der Waals surface area contributed by atoms with E-state index in [9.17, 15) is 4.79 Å². The molecule has 2 N–H and O–H groups in total. The van der Waals surface area contributed by atoms with E-state index in [1.165, 1.54) is 0 Å². The number of para-hydroxylation sites is 3. The molecule has 0 aromatic heterocycles. The van der Waals surface area contributed by atoms with Crippen molar-refractivity contribution in [3.8, 4) is 11.5 Å². The molecule has 0 saturated carbocycles. The zero-order chi connectivity index (χ0) is 17.5. The molecule has 2 aromatic carbocycles. The van der Waals surface area contributed by atoms with E-state index in [1.807, 2.05) is 54.6 Å². The summed E-state index contributed by atoms with van der Waals surface area (Å²) in [7, 11) is 0. The number of piperazine rings is 1. The fourth-order valence-corrected chi connectivity index (χ4v) is 2.95. The van der Waals surface area contributed by atoms with Crippen LogP contribution in [0.15, 0.2) is 54.6 Å². The topological polar surface area (TPSA) is 53.6 Å². The number of rotatable bonds is 6. The van der Waals surface area contributed by atoms with Crippen LogP contribution in [0.25, 0.3) is 0 Å². The Morgan fingerprint density at radius 2 is 1.96 bits per heavy atom. The monoisotopic (exact) mass is 339 g/mol. The lowest BCUT2D eigenvalue weighted by atomic mass is 10.2. The van der Waals surface area contributed by atoms with Crippen molar-refractivity contribution < 1.29 is 9.53 Å². The number of carbonyl (C=O) groups excluding carboxylic acids is 1. The maximum atomic E-state index is 12.4. The normalized spacial score (nSPS) is 17.9. The molecular formula is C20H25N3O2. The lowest BCUT2D eigenvalue weighted by Crippen LogP contribution is -2.50. The van der Waals surface area contributed by atoms with Crippen LogP contribution in [0.3, 0.4) is 0 Å². The highest BCUT2D eigenvalue weighted by atomic mass is 16.5. The molecule has 1 heterocycles. The Morgan fingerprint density at radius 3 is 2.76 bits per heavy atom. The quantitative estimate of drug-likeness (QED) is 0.849. The molecule has 2 aromatic rings. The predicted molar refractivity (Wildman–Crippen MR) is 100 cm³/mol. The smallest absolute Gasteiger partial charge is 0.225 e. The summed E-state index contributed by atoms with van der Waals surface area (Å²) in [5.74, 6) is 1.41. The van der Waals surface area contributed by atoms with Gasteiger partial charge in [0.05, 0.1) is 5.69 Å². The number of benzene rings is 2. The minimum absolute atomic E-state index is 0.00912. The van der Waals surface area contributed by atoms with E-state index in [4.69, 9.17) is 4.74 Å². The SMILES string of the molecule is C[C@H]1CNCCN1CCC(=O)Nc1ccccc1Oc1ccccc1. The van der Waals surface area contributed by atoms with Gasteiger partial charge in [0.1, 0.15) is 5.75 Å². The summed E-state index contributed by atoms with van der Waals surface area (Å²) in [6.07, 6.45) is 0.476. The Kier molecular flexibility index (Phi) is 6.04. The van der Waals surface area contributed by atoms with Crippen molar-refractivity contribution in [3.63, 3.8) is 0 Å². The molecule has 0 bridgehead atoms. The third kappa shape index (κ3) is 5.05. The van der Waals surface area contributed by atoms with Crippen molar-refractivity contribution in [2.24, 2.45) is 0 Å². The molecule has 1 fully saturated rings. The van der Waals surface area contributed by atoms with Crippen molar-refractivity contribution in [3.05, 3.63) is 54.6 Å². The summed E-state index contributed by atoms with van der Waals surface area (Å²) in [4.78, 5) is 14.7. The molecule has 25 heavy (non-hydrogen) atoms. The van der Waals surface area contributed by atoms with Crippen LogP contribution in [0.4, 0.5) is 5.69 Å². The molecular weight excluding hydrogens is 314 g/mol. The second-order valence-corrected chi connectivity index (χ2v) is 6.30. The summed E-state index contributed by atoms with van der Waals surface area (Å²) in [5.41, 5.74) is 0.699. The molecule has 1 saturated heterocycles. The van der Waals surface area contributed by atoms with Crippen molar-refractivity contribution in [1.82, 2.24) is 10.2 Å². The van der Waals surface area contributed by atoms with Gasteiger partial charge in [0, 0.05) is 38.6 Å². The summed E-state index contributed by atoms with van der Waals surface area (Å²) in [6, 6.07) is 17.6. The van der Waals surface area contributed by atoms with Crippen LogP contribution in [0.2, 0.25) is 0 Å². The van der Waals surface area contributed by atoms with Gasteiger partial charge in [-0.05, 0) is 31.2 Å². The van der Waals surface area contributed by atoms with Gasteiger partial charge in [0.2, 0.25) is 5.91 Å². The van der Waals surface area contributed by atoms with E-state index in [0.29, 0.717) is 23.9 Å². The van der Waals surface area contributed by atoms with E-state index in [-0.39, 0.29) is 5.91 Å². The molecule has 5 nitrogen and oxygen atoms in total. The molecule has 5 heteroatoms. The fraction of sp³-hybridized carbons (Fsp3) is 0.350. The molecule has 1 atom stereocenters. The van der Waals surface area contributed by atoms with Crippen LogP contribution >= 0.6 is 0 Å². The number of hydrogen-bond donors (Lipinski definition) is 2. The number of carbonyl (C=O) groups is 1. The van der Waals surface area contributed by atoms with Crippen LogP contribution in [0.1, 0.15) is 13.3 Å². The van der Waals surface area contributed by atoms with Gasteiger partial charge in [-0.25, -0.2) is 0 Å². The van der Waals surface area contributed by atoms with Crippen LogP contribution in [-0.4, -0.2) is 43.0 Å². The van der Waals surface area contributed by atoms with Crippen molar-refractivity contribution >= 4 is 11.6 Å². The van der Waals surface area contributed by atoms with Crippen LogP contribution in [0.5, 0.6) is 11.5 Å². The third-order valence-corrected chi connectivity index (χ3v) is 4.40. The van der Waals surface area contributed by atoms with Gasteiger partial charge in [-0.2, -0.15) is 0 Å². The Bertz CT molecular complexity index is 690. The first-order chi connectivity index (χ1) is 12.2. The molecule has 1 amide bonds. The van der Waals surface area contributed by atoms with E-state index in [2.05, 4.69) is 22.5 Å². The zero-order valence-corrected chi connectivity index (χ0v) is 14.6. The Morgan fingerprint density at radius 1 is 1.20 bits per heavy atom. The Balaban J connectivity index is 1.57. The van der Waals surface area contributed by atoms with E-state index < -0.39 is 0 Å². The lowest BCUT2D eigenvalue weighted by molar-refractivity contribution is -0.116. The van der Waals surface area contributed by atoms with Gasteiger partial charge in [-0.15, -0.1) is 0 Å². The highest BCUT2D eigenvalue weighted by Crippen LogP contribution is 2.29. The second-order valence-electron chi connectivity index (χ2n) is 6.30. The highest BCUT2D eigenvalue weighted by molar-refractivity contribution is 5.92. The average molecular weight is 339 g/mol. The van der Waals surface area contributed by atoms with Crippen molar-refractivity contribution in [1.29, 1.82) is 0 Å². The molecule has 3 rings (SSSR count). The first-order valence-corrected chi connectivity index (χ1v) is 8.79. The van der Waals surface area contributed by atoms with Gasteiger partial charge < -0.3 is 15.4 Å². The van der Waals surface area contributed by atoms with Crippen LogP contribution in [-0.2, 0) is 4.79 Å². The van der Waals surface area contributed by atoms with E-state index in [0.717, 1.165) is 31.9 Å². The molecule has 0 aliphatic carbocycles. The van der Waals surface area contributed by atoms with Gasteiger partial charge in [0.15, 0.2) is 5.75 Å². The van der Waals surface area contributed by atoms with Crippen molar-refractivity contribution in [2.75, 3.05) is 31.5 Å². The minimum Gasteiger partial charge on any atom is -0.455 e. The maximum absolute atomic E-state index is 12.4. The first-order valence-electron chi connectivity index (χ1n) is 8.79. The summed E-state index contributed by atoms with van der Waals surface area (Å²) < 4.78 is 5.89. The van der Waals surface area contributed by atoms with E-state index >= 15 is 0 Å². The van der Waals surface area contributed by atoms with E-state index in [1.54, 1.807) is 0 Å². The molecule has 0 radical (unpaired) electrons. The number of anilines is 1. The lowest BCUT2D eigenvalue weighted by Gasteiger charge is -2.33. The minimum atomic E-state index is 0.00912. The first kappa shape index (κ1) is 17.5. The number of ether oxygens (including phenoxy) is 1. The molecule has 1 aliphatic rings. The fourth-order valence-electron chi connectivity index (χ4n) is 2.95. The van der Waals surface area contributed by atoms with Crippen LogP contribution < -0.4 is 15.4 Å². The highest BCUT2D eigenvalue weighted by Gasteiger charge is 2.18. The summed E-state index contributed by atoms with van der Waals surface area (Å²) in [6.45, 7) is 5.92. The molecule has 132 valence electrons. The Hall–Kier alpha value is -2.37. The maximum Gasteiger partial charge on any atom is 0.225 e. The zero-order valence-electron chi connectivity index (χ0n) is 14.6. The Labute approximate surface area is 149 Å². The number of nitrogens with one attached hydrogen (secondary N) is 2. The van der Waals surface area contributed by atoms with Gasteiger partial charge in [-0.3, -0.25) is 9.69 Å². The van der Waals surface area contributed by atoms with Gasteiger partial charge in [-0.1, -0.05) is 30.3 Å². The molecule has 0 unspecified atom stereocenters. The summed E-state index contributed by atoms with van der Waals surface area (Å²) >= 11 is 0. The standard InChI is InChI=1S/C20H25N3O2/c1-16-15-21-12-14-23(16)13-11-20(24)22-18-9-5-6-10-19(18)25-17-7-3-2-4-8-17/h2-10,16,21H,11-15H2,1H3,(H,22,24)/t16-/m0/s1. The van der Waals surface area contributed by atoms with Crippen molar-refractivity contribution in [2.45, 2.75) is 19.4 Å². The second kappa shape index (κ2) is 8.65. The third-order valence-electron chi connectivity index (χ3n) is 4.40. The van der Waals surface area contributed by atoms with Crippen LogP contribution in [0, 0.1) is 0 Å².